The summed E-state index contributed by atoms with van der Waals surface area (Å²) < 4.78 is 10.7. The summed E-state index contributed by atoms with van der Waals surface area (Å²) in [5.74, 6) is -0.158. The van der Waals surface area contributed by atoms with Gasteiger partial charge < -0.3 is 14.5 Å². The first-order valence-corrected chi connectivity index (χ1v) is 9.05. The minimum atomic E-state index is -0.518. The monoisotopic (exact) mass is 401 g/mol. The minimum Gasteiger partial charge on any atom is -0.493 e. The summed E-state index contributed by atoms with van der Waals surface area (Å²) in [7, 11) is 1.46. The van der Waals surface area contributed by atoms with Gasteiger partial charge >= 0.3 is 0 Å². The van der Waals surface area contributed by atoms with Gasteiger partial charge in [-0.05, 0) is 30.7 Å². The van der Waals surface area contributed by atoms with Gasteiger partial charge in [0, 0.05) is 22.7 Å². The zero-order chi connectivity index (χ0) is 20.1. The lowest BCUT2D eigenvalue weighted by Crippen LogP contribution is -2.42. The maximum Gasteiger partial charge on any atom is 0.269 e. The van der Waals surface area contributed by atoms with Crippen LogP contribution in [-0.4, -0.2) is 30.5 Å². The predicted octanol–water partition coefficient (Wildman–Crippen LogP) is 3.23. The van der Waals surface area contributed by atoms with Crippen LogP contribution in [0.15, 0.2) is 42.6 Å². The Kier molecular flexibility index (Phi) is 6.06. The van der Waals surface area contributed by atoms with Crippen molar-refractivity contribution in [3.8, 4) is 11.5 Å². The van der Waals surface area contributed by atoms with Crippen LogP contribution in [0.1, 0.15) is 22.8 Å². The third-order valence-corrected chi connectivity index (χ3v) is 4.40. The number of hydrogen-bond donors (Lipinski definition) is 3. The molecule has 1 heterocycles. The Balaban J connectivity index is 1.65. The van der Waals surface area contributed by atoms with Crippen molar-refractivity contribution < 1.29 is 19.1 Å². The second kappa shape index (κ2) is 8.67. The smallest absolute Gasteiger partial charge is 0.269 e. The third-order valence-electron chi connectivity index (χ3n) is 4.12. The molecule has 146 valence electrons. The SMILES string of the molecule is CCOc1c(Cl)cc(C(=O)NNC(=O)Cc2c[nH]c3ccccc23)cc1OC. The van der Waals surface area contributed by atoms with E-state index >= 15 is 0 Å². The number of halogens is 1. The van der Waals surface area contributed by atoms with Gasteiger partial charge in [0.2, 0.25) is 5.91 Å². The number of nitrogens with one attached hydrogen (secondary N) is 3. The Morgan fingerprint density at radius 3 is 2.71 bits per heavy atom. The number of carbonyl (C=O) groups is 2. The predicted molar refractivity (Wildman–Crippen MR) is 107 cm³/mol. The number of hydrazine groups is 1. The van der Waals surface area contributed by atoms with E-state index in [-0.39, 0.29) is 22.9 Å². The number of rotatable bonds is 6. The molecule has 28 heavy (non-hydrogen) atoms. The van der Waals surface area contributed by atoms with Crippen molar-refractivity contribution >= 4 is 34.3 Å². The molecule has 0 atom stereocenters. The number of hydrogen-bond acceptors (Lipinski definition) is 4. The van der Waals surface area contributed by atoms with Crippen LogP contribution in [0.25, 0.3) is 10.9 Å². The summed E-state index contributed by atoms with van der Waals surface area (Å²) in [6.45, 7) is 2.23. The Morgan fingerprint density at radius 1 is 1.18 bits per heavy atom. The summed E-state index contributed by atoms with van der Waals surface area (Å²) in [5, 5.41) is 1.21. The van der Waals surface area contributed by atoms with Gasteiger partial charge in [0.25, 0.3) is 5.91 Å². The number of methoxy groups -OCH3 is 1. The number of ether oxygens (including phenoxy) is 2. The van der Waals surface area contributed by atoms with E-state index in [1.165, 1.54) is 19.2 Å². The maximum atomic E-state index is 12.4. The van der Waals surface area contributed by atoms with E-state index < -0.39 is 5.91 Å². The number of aromatic amines is 1. The quantitative estimate of drug-likeness (QED) is 0.553. The highest BCUT2D eigenvalue weighted by molar-refractivity contribution is 6.32. The largest absolute Gasteiger partial charge is 0.493 e. The van der Waals surface area contributed by atoms with Crippen LogP contribution in [0.3, 0.4) is 0 Å². The zero-order valence-electron chi connectivity index (χ0n) is 15.5. The average Bonchev–Trinajstić information content (AvgIpc) is 3.10. The second-order valence-corrected chi connectivity index (χ2v) is 6.37. The molecule has 0 spiro atoms. The number of aromatic nitrogens is 1. The lowest BCUT2D eigenvalue weighted by molar-refractivity contribution is -0.121. The van der Waals surface area contributed by atoms with Gasteiger partial charge in [-0.15, -0.1) is 0 Å². The van der Waals surface area contributed by atoms with Gasteiger partial charge in [0.1, 0.15) is 0 Å². The Morgan fingerprint density at radius 2 is 1.96 bits per heavy atom. The molecule has 0 bridgehead atoms. The van der Waals surface area contributed by atoms with Gasteiger partial charge in [-0.1, -0.05) is 29.8 Å². The highest BCUT2D eigenvalue weighted by Gasteiger charge is 2.16. The van der Waals surface area contributed by atoms with Crippen LogP contribution in [0.4, 0.5) is 0 Å². The van der Waals surface area contributed by atoms with E-state index in [2.05, 4.69) is 15.8 Å². The standard InChI is InChI=1S/C20H20ClN3O4/c1-3-28-19-15(21)8-12(9-17(19)27-2)20(26)24-23-18(25)10-13-11-22-16-7-5-4-6-14(13)16/h4-9,11,22H,3,10H2,1-2H3,(H,23,25)(H,24,26). The van der Waals surface area contributed by atoms with E-state index in [4.69, 9.17) is 21.1 Å². The molecule has 3 rings (SSSR count). The molecule has 0 aliphatic heterocycles. The number of amides is 2. The molecule has 3 aromatic rings. The number of H-pyrrole nitrogens is 1. The molecule has 0 saturated heterocycles. The topological polar surface area (TPSA) is 92.5 Å². The number of fused-ring (bicyclic) bond motifs is 1. The molecule has 3 N–H and O–H groups in total. The molecule has 0 unspecified atom stereocenters. The normalized spacial score (nSPS) is 10.5. The fourth-order valence-corrected chi connectivity index (χ4v) is 3.09. The fraction of sp³-hybridized carbons (Fsp3) is 0.200. The van der Waals surface area contributed by atoms with Crippen molar-refractivity contribution in [1.82, 2.24) is 15.8 Å². The van der Waals surface area contributed by atoms with E-state index in [9.17, 15) is 9.59 Å². The first-order valence-electron chi connectivity index (χ1n) is 8.68. The van der Waals surface area contributed by atoms with Crippen LogP contribution in [0.2, 0.25) is 5.02 Å². The van der Waals surface area contributed by atoms with Crippen molar-refractivity contribution in [2.75, 3.05) is 13.7 Å². The third kappa shape index (κ3) is 4.20. The van der Waals surface area contributed by atoms with Crippen LogP contribution < -0.4 is 20.3 Å². The number of benzene rings is 2. The number of para-hydroxylation sites is 1. The summed E-state index contributed by atoms with van der Waals surface area (Å²) in [6.07, 6.45) is 1.90. The van der Waals surface area contributed by atoms with Gasteiger partial charge in [-0.3, -0.25) is 20.4 Å². The average molecular weight is 402 g/mol. The molecule has 0 aliphatic carbocycles. The molecule has 1 aromatic heterocycles. The molecule has 2 aromatic carbocycles. The first kappa shape index (κ1) is 19.6. The fourth-order valence-electron chi connectivity index (χ4n) is 2.83. The Bertz CT molecular complexity index is 1020. The maximum absolute atomic E-state index is 12.4. The minimum absolute atomic E-state index is 0.123. The van der Waals surface area contributed by atoms with E-state index in [1.54, 1.807) is 6.20 Å². The van der Waals surface area contributed by atoms with Gasteiger partial charge in [-0.25, -0.2) is 0 Å². The summed E-state index contributed by atoms with van der Waals surface area (Å²) in [6, 6.07) is 10.6. The lowest BCUT2D eigenvalue weighted by Gasteiger charge is -2.13. The number of carbonyl (C=O) groups excluding carboxylic acids is 2. The Hall–Kier alpha value is -3.19. The molecule has 0 saturated carbocycles. The zero-order valence-corrected chi connectivity index (χ0v) is 16.2. The van der Waals surface area contributed by atoms with Crippen LogP contribution in [0.5, 0.6) is 11.5 Å². The van der Waals surface area contributed by atoms with Crippen LogP contribution in [-0.2, 0) is 11.2 Å². The molecule has 0 radical (unpaired) electrons. The van der Waals surface area contributed by atoms with Crippen molar-refractivity contribution in [2.24, 2.45) is 0 Å². The van der Waals surface area contributed by atoms with Gasteiger partial charge in [0.05, 0.1) is 25.2 Å². The summed E-state index contributed by atoms with van der Waals surface area (Å²) in [5.41, 5.74) is 6.82. The van der Waals surface area contributed by atoms with Gasteiger partial charge in [-0.2, -0.15) is 0 Å². The lowest BCUT2D eigenvalue weighted by atomic mass is 10.1. The first-order chi connectivity index (χ1) is 13.5. The second-order valence-electron chi connectivity index (χ2n) is 5.96. The van der Waals surface area contributed by atoms with Crippen molar-refractivity contribution in [3.05, 3.63) is 58.7 Å². The summed E-state index contributed by atoms with van der Waals surface area (Å²) >= 11 is 6.17. The van der Waals surface area contributed by atoms with Crippen LogP contribution in [0, 0.1) is 0 Å². The Labute approximate surface area is 166 Å². The molecule has 0 fully saturated rings. The molecule has 2 amide bonds. The molecule has 0 aliphatic rings. The van der Waals surface area contributed by atoms with E-state index in [0.29, 0.717) is 18.1 Å². The van der Waals surface area contributed by atoms with Crippen molar-refractivity contribution in [1.29, 1.82) is 0 Å². The summed E-state index contributed by atoms with van der Waals surface area (Å²) in [4.78, 5) is 27.7. The molecule has 7 nitrogen and oxygen atoms in total. The molecule has 8 heteroatoms. The van der Waals surface area contributed by atoms with E-state index in [0.717, 1.165) is 16.5 Å². The van der Waals surface area contributed by atoms with Gasteiger partial charge in [0.15, 0.2) is 11.5 Å². The van der Waals surface area contributed by atoms with Crippen molar-refractivity contribution in [3.63, 3.8) is 0 Å². The van der Waals surface area contributed by atoms with Crippen molar-refractivity contribution in [2.45, 2.75) is 13.3 Å². The molecular formula is C20H20ClN3O4. The van der Waals surface area contributed by atoms with E-state index in [1.807, 2.05) is 31.2 Å². The van der Waals surface area contributed by atoms with Crippen LogP contribution >= 0.6 is 11.6 Å². The highest BCUT2D eigenvalue weighted by Crippen LogP contribution is 2.36. The molecular weight excluding hydrogens is 382 g/mol. The highest BCUT2D eigenvalue weighted by atomic mass is 35.5.